The first-order chi connectivity index (χ1) is 13.2. The molecule has 1 aliphatic heterocycles. The fourth-order valence-corrected chi connectivity index (χ4v) is 3.94. The lowest BCUT2D eigenvalue weighted by atomic mass is 9.92. The first-order valence-electron chi connectivity index (χ1n) is 10.0. The number of para-hydroxylation sites is 2. The fourth-order valence-electron chi connectivity index (χ4n) is 3.94. The van der Waals surface area contributed by atoms with E-state index in [0.29, 0.717) is 0 Å². The third-order valence-electron chi connectivity index (χ3n) is 5.69. The predicted octanol–water partition coefficient (Wildman–Crippen LogP) is 4.47. The molecule has 3 aromatic rings. The van der Waals surface area contributed by atoms with Crippen LogP contribution in [0.5, 0.6) is 0 Å². The van der Waals surface area contributed by atoms with Crippen LogP contribution in [0, 0.1) is 12.8 Å². The lowest BCUT2D eigenvalue weighted by Crippen LogP contribution is -2.30. The molecule has 0 spiro atoms. The quantitative estimate of drug-likeness (QED) is 0.635. The van der Waals surface area contributed by atoms with Gasteiger partial charge in [0, 0.05) is 18.3 Å². The van der Waals surface area contributed by atoms with Gasteiger partial charge in [-0.05, 0) is 82.4 Å². The summed E-state index contributed by atoms with van der Waals surface area (Å²) in [6.07, 6.45) is 7.14. The summed E-state index contributed by atoms with van der Waals surface area (Å²) in [6, 6.07) is 10.2. The van der Waals surface area contributed by atoms with Gasteiger partial charge >= 0.3 is 0 Å². The monoisotopic (exact) mass is 363 g/mol. The molecule has 1 fully saturated rings. The van der Waals surface area contributed by atoms with Crippen LogP contribution in [0.25, 0.3) is 22.4 Å². The van der Waals surface area contributed by atoms with E-state index in [1.54, 1.807) is 0 Å². The summed E-state index contributed by atoms with van der Waals surface area (Å²) in [4.78, 5) is 15.1. The number of aromatic amines is 1. The number of aromatic nitrogens is 3. The SMILES string of the molecule is Cc1cc(NCCCC2CCN(C)CC2)ncc1-c1nc2ccccc2[nH]1. The normalized spacial score (nSPS) is 16.1. The zero-order valence-corrected chi connectivity index (χ0v) is 16.3. The number of piperidine rings is 1. The molecule has 142 valence electrons. The van der Waals surface area contributed by atoms with Gasteiger partial charge in [0.05, 0.1) is 11.0 Å². The minimum absolute atomic E-state index is 0.884. The molecule has 1 aliphatic rings. The number of pyridine rings is 1. The molecule has 0 radical (unpaired) electrons. The van der Waals surface area contributed by atoms with E-state index >= 15 is 0 Å². The Kier molecular flexibility index (Phi) is 5.39. The topological polar surface area (TPSA) is 56.8 Å². The van der Waals surface area contributed by atoms with Gasteiger partial charge in [-0.15, -0.1) is 0 Å². The van der Waals surface area contributed by atoms with Crippen molar-refractivity contribution in [3.63, 3.8) is 0 Å². The van der Waals surface area contributed by atoms with Crippen LogP contribution in [0.3, 0.4) is 0 Å². The smallest absolute Gasteiger partial charge is 0.140 e. The second-order valence-electron chi connectivity index (χ2n) is 7.80. The number of nitrogens with zero attached hydrogens (tertiary/aromatic N) is 3. The van der Waals surface area contributed by atoms with Crippen molar-refractivity contribution >= 4 is 16.9 Å². The standard InChI is InChI=1S/C22H29N5/c1-16-14-21(23-11-5-6-17-9-12-27(2)13-10-17)24-15-18(16)22-25-19-7-3-4-8-20(19)26-22/h3-4,7-8,14-15,17H,5-6,9-13H2,1-2H3,(H,23,24)(H,25,26). The fraction of sp³-hybridized carbons (Fsp3) is 0.455. The van der Waals surface area contributed by atoms with Crippen LogP contribution >= 0.6 is 0 Å². The van der Waals surface area contributed by atoms with Crippen LogP contribution in [0.1, 0.15) is 31.2 Å². The van der Waals surface area contributed by atoms with Gasteiger partial charge in [-0.25, -0.2) is 9.97 Å². The summed E-state index contributed by atoms with van der Waals surface area (Å²) in [5.74, 6) is 2.74. The summed E-state index contributed by atoms with van der Waals surface area (Å²) in [6.45, 7) is 5.61. The number of nitrogens with one attached hydrogen (secondary N) is 2. The van der Waals surface area contributed by atoms with Gasteiger partial charge in [0.2, 0.25) is 0 Å². The van der Waals surface area contributed by atoms with Crippen molar-refractivity contribution in [1.82, 2.24) is 19.9 Å². The minimum Gasteiger partial charge on any atom is -0.370 e. The Bertz CT molecular complexity index is 860. The molecule has 4 rings (SSSR count). The molecule has 2 aromatic heterocycles. The number of H-pyrrole nitrogens is 1. The number of hydrogen-bond donors (Lipinski definition) is 2. The average Bonchev–Trinajstić information content (AvgIpc) is 3.10. The second kappa shape index (κ2) is 8.09. The number of fused-ring (bicyclic) bond motifs is 1. The van der Waals surface area contributed by atoms with Crippen molar-refractivity contribution in [3.05, 3.63) is 42.1 Å². The summed E-state index contributed by atoms with van der Waals surface area (Å²) >= 11 is 0. The van der Waals surface area contributed by atoms with Crippen LogP contribution in [0.15, 0.2) is 36.5 Å². The molecule has 0 aliphatic carbocycles. The van der Waals surface area contributed by atoms with Crippen molar-refractivity contribution in [2.75, 3.05) is 32.0 Å². The lowest BCUT2D eigenvalue weighted by Gasteiger charge is -2.28. The predicted molar refractivity (Wildman–Crippen MR) is 112 cm³/mol. The molecule has 5 heteroatoms. The number of hydrogen-bond acceptors (Lipinski definition) is 4. The summed E-state index contributed by atoms with van der Waals surface area (Å²) in [5, 5.41) is 3.49. The van der Waals surface area contributed by atoms with Crippen molar-refractivity contribution in [2.24, 2.45) is 5.92 Å². The molecule has 1 saturated heterocycles. The van der Waals surface area contributed by atoms with Gasteiger partial charge in [-0.3, -0.25) is 0 Å². The number of benzene rings is 1. The highest BCUT2D eigenvalue weighted by Gasteiger charge is 2.16. The maximum atomic E-state index is 4.69. The second-order valence-corrected chi connectivity index (χ2v) is 7.80. The number of likely N-dealkylation sites (tertiary alicyclic amines) is 1. The van der Waals surface area contributed by atoms with Gasteiger partial charge in [0.25, 0.3) is 0 Å². The maximum Gasteiger partial charge on any atom is 0.140 e. The molecule has 0 unspecified atom stereocenters. The molecule has 2 N–H and O–H groups in total. The van der Waals surface area contributed by atoms with E-state index in [0.717, 1.165) is 40.7 Å². The average molecular weight is 364 g/mol. The highest BCUT2D eigenvalue weighted by molar-refractivity contribution is 5.79. The van der Waals surface area contributed by atoms with Crippen LogP contribution in [-0.4, -0.2) is 46.5 Å². The molecular weight excluding hydrogens is 334 g/mol. The number of aryl methyl sites for hydroxylation is 1. The van der Waals surface area contributed by atoms with Gasteiger partial charge in [0.15, 0.2) is 0 Å². The molecule has 0 bridgehead atoms. The van der Waals surface area contributed by atoms with E-state index in [4.69, 9.17) is 0 Å². The molecule has 0 amide bonds. The zero-order valence-electron chi connectivity index (χ0n) is 16.3. The molecule has 1 aromatic carbocycles. The number of rotatable bonds is 6. The minimum atomic E-state index is 0.884. The van der Waals surface area contributed by atoms with Crippen LogP contribution in [0.2, 0.25) is 0 Å². The Balaban J connectivity index is 1.33. The van der Waals surface area contributed by atoms with Crippen molar-refractivity contribution < 1.29 is 0 Å². The van der Waals surface area contributed by atoms with Gasteiger partial charge in [-0.2, -0.15) is 0 Å². The number of anilines is 1. The summed E-state index contributed by atoms with van der Waals surface area (Å²) in [5.41, 5.74) is 4.29. The Hall–Kier alpha value is -2.40. The molecular formula is C22H29N5. The first kappa shape index (κ1) is 18.0. The molecule has 5 nitrogen and oxygen atoms in total. The maximum absolute atomic E-state index is 4.69. The third kappa shape index (κ3) is 4.30. The highest BCUT2D eigenvalue weighted by atomic mass is 15.1. The Morgan fingerprint density at radius 1 is 1.22 bits per heavy atom. The van der Waals surface area contributed by atoms with Gasteiger partial charge < -0.3 is 15.2 Å². The zero-order chi connectivity index (χ0) is 18.6. The molecule has 0 atom stereocenters. The summed E-state index contributed by atoms with van der Waals surface area (Å²) in [7, 11) is 2.22. The molecule has 27 heavy (non-hydrogen) atoms. The van der Waals surface area contributed by atoms with Gasteiger partial charge in [0.1, 0.15) is 11.6 Å². The van der Waals surface area contributed by atoms with E-state index in [9.17, 15) is 0 Å². The van der Waals surface area contributed by atoms with Crippen LogP contribution < -0.4 is 5.32 Å². The molecule has 3 heterocycles. The molecule has 0 saturated carbocycles. The number of imidazole rings is 1. The Labute approximate surface area is 161 Å². The summed E-state index contributed by atoms with van der Waals surface area (Å²) < 4.78 is 0. The Morgan fingerprint density at radius 3 is 2.81 bits per heavy atom. The first-order valence-corrected chi connectivity index (χ1v) is 10.0. The van der Waals surface area contributed by atoms with Crippen molar-refractivity contribution in [3.8, 4) is 11.4 Å². The van der Waals surface area contributed by atoms with Crippen molar-refractivity contribution in [2.45, 2.75) is 32.6 Å². The third-order valence-corrected chi connectivity index (χ3v) is 5.69. The largest absolute Gasteiger partial charge is 0.370 e. The van der Waals surface area contributed by atoms with E-state index in [1.165, 1.54) is 44.3 Å². The van der Waals surface area contributed by atoms with E-state index in [2.05, 4.69) is 51.3 Å². The van der Waals surface area contributed by atoms with E-state index in [-0.39, 0.29) is 0 Å². The van der Waals surface area contributed by atoms with Crippen LogP contribution in [-0.2, 0) is 0 Å². The highest BCUT2D eigenvalue weighted by Crippen LogP contribution is 2.25. The van der Waals surface area contributed by atoms with Crippen LogP contribution in [0.4, 0.5) is 5.82 Å². The van der Waals surface area contributed by atoms with Crippen molar-refractivity contribution in [1.29, 1.82) is 0 Å². The lowest BCUT2D eigenvalue weighted by molar-refractivity contribution is 0.211. The van der Waals surface area contributed by atoms with Gasteiger partial charge in [-0.1, -0.05) is 12.1 Å². The van der Waals surface area contributed by atoms with E-state index < -0.39 is 0 Å². The van der Waals surface area contributed by atoms with E-state index in [1.807, 2.05) is 24.4 Å². The Morgan fingerprint density at radius 2 is 2.04 bits per heavy atom.